The minimum absolute atomic E-state index is 0.139. The van der Waals surface area contributed by atoms with Crippen molar-refractivity contribution in [1.82, 2.24) is 4.98 Å². The van der Waals surface area contributed by atoms with Crippen molar-refractivity contribution in [1.29, 1.82) is 0 Å². The fourth-order valence-electron chi connectivity index (χ4n) is 2.53. The molecule has 0 spiro atoms. The van der Waals surface area contributed by atoms with Crippen LogP contribution >= 0.6 is 0 Å². The molecule has 0 amide bonds. The summed E-state index contributed by atoms with van der Waals surface area (Å²) in [6, 6.07) is 8.10. The molecule has 4 heteroatoms. The molecule has 3 heterocycles. The summed E-state index contributed by atoms with van der Waals surface area (Å²) in [5, 5.41) is 3.49. The SMILES string of the molecule is CC(Nc1cccnc1N1CCCC1)c1ccco1. The van der Waals surface area contributed by atoms with Gasteiger partial charge in [0.1, 0.15) is 5.76 Å². The Morgan fingerprint density at radius 2 is 2.11 bits per heavy atom. The lowest BCUT2D eigenvalue weighted by Gasteiger charge is -2.22. The molecule has 0 aliphatic carbocycles. The molecule has 1 N–H and O–H groups in total. The maximum atomic E-state index is 5.44. The molecule has 0 radical (unpaired) electrons. The van der Waals surface area contributed by atoms with Crippen molar-refractivity contribution in [3.63, 3.8) is 0 Å². The average Bonchev–Trinajstić information content (AvgIpc) is 3.13. The van der Waals surface area contributed by atoms with Crippen molar-refractivity contribution in [2.24, 2.45) is 0 Å². The standard InChI is InChI=1S/C15H19N3O/c1-12(14-7-5-11-19-14)17-13-6-4-8-16-15(13)18-9-2-3-10-18/h4-8,11-12,17H,2-3,9-10H2,1H3. The average molecular weight is 257 g/mol. The minimum atomic E-state index is 0.139. The van der Waals surface area contributed by atoms with Crippen LogP contribution in [-0.2, 0) is 0 Å². The highest BCUT2D eigenvalue weighted by molar-refractivity contribution is 5.66. The number of nitrogens with zero attached hydrogens (tertiary/aromatic N) is 2. The summed E-state index contributed by atoms with van der Waals surface area (Å²) in [5.41, 5.74) is 1.08. The van der Waals surface area contributed by atoms with E-state index in [2.05, 4.69) is 28.2 Å². The summed E-state index contributed by atoms with van der Waals surface area (Å²) in [4.78, 5) is 6.87. The van der Waals surface area contributed by atoms with Crippen molar-refractivity contribution in [3.05, 3.63) is 42.5 Å². The Morgan fingerprint density at radius 3 is 2.84 bits per heavy atom. The van der Waals surface area contributed by atoms with E-state index in [1.807, 2.05) is 24.4 Å². The second kappa shape index (κ2) is 5.34. The predicted molar refractivity (Wildman–Crippen MR) is 76.4 cm³/mol. The highest BCUT2D eigenvalue weighted by atomic mass is 16.3. The molecule has 1 aliphatic heterocycles. The molecular formula is C15H19N3O. The monoisotopic (exact) mass is 257 g/mol. The molecular weight excluding hydrogens is 238 g/mol. The number of aromatic nitrogens is 1. The largest absolute Gasteiger partial charge is 0.467 e. The summed E-state index contributed by atoms with van der Waals surface area (Å²) >= 11 is 0. The van der Waals surface area contributed by atoms with E-state index in [0.29, 0.717) is 0 Å². The lowest BCUT2D eigenvalue weighted by molar-refractivity contribution is 0.490. The Kier molecular flexibility index (Phi) is 3.40. The molecule has 19 heavy (non-hydrogen) atoms. The van der Waals surface area contributed by atoms with Crippen LogP contribution in [0.3, 0.4) is 0 Å². The van der Waals surface area contributed by atoms with Crippen LogP contribution in [0.15, 0.2) is 41.1 Å². The van der Waals surface area contributed by atoms with E-state index in [0.717, 1.165) is 30.4 Å². The van der Waals surface area contributed by atoms with Crippen LogP contribution in [0, 0.1) is 0 Å². The summed E-state index contributed by atoms with van der Waals surface area (Å²) in [5.74, 6) is 2.00. The Balaban J connectivity index is 1.80. The molecule has 1 aliphatic rings. The first kappa shape index (κ1) is 12.1. The quantitative estimate of drug-likeness (QED) is 0.911. The molecule has 2 aromatic heterocycles. The predicted octanol–water partition coefficient (Wildman–Crippen LogP) is 3.45. The molecule has 1 atom stereocenters. The number of anilines is 2. The van der Waals surface area contributed by atoms with E-state index in [9.17, 15) is 0 Å². The zero-order valence-corrected chi connectivity index (χ0v) is 11.2. The number of nitrogens with one attached hydrogen (secondary N) is 1. The van der Waals surface area contributed by atoms with Gasteiger partial charge in [0.15, 0.2) is 5.82 Å². The lowest BCUT2D eigenvalue weighted by Crippen LogP contribution is -2.21. The van der Waals surface area contributed by atoms with E-state index < -0.39 is 0 Å². The second-order valence-corrected chi connectivity index (χ2v) is 4.95. The van der Waals surface area contributed by atoms with Gasteiger partial charge in [-0.25, -0.2) is 4.98 Å². The Bertz CT molecular complexity index is 518. The molecule has 4 nitrogen and oxygen atoms in total. The molecule has 0 aromatic carbocycles. The van der Waals surface area contributed by atoms with E-state index >= 15 is 0 Å². The van der Waals surface area contributed by atoms with Crippen LogP contribution in [0.4, 0.5) is 11.5 Å². The first-order chi connectivity index (χ1) is 9.34. The van der Waals surface area contributed by atoms with Gasteiger partial charge in [0.05, 0.1) is 18.0 Å². The van der Waals surface area contributed by atoms with Crippen molar-refractivity contribution >= 4 is 11.5 Å². The van der Waals surface area contributed by atoms with Crippen LogP contribution in [0.25, 0.3) is 0 Å². The van der Waals surface area contributed by atoms with E-state index in [1.54, 1.807) is 6.26 Å². The Morgan fingerprint density at radius 1 is 1.26 bits per heavy atom. The van der Waals surface area contributed by atoms with Gasteiger partial charge in [0, 0.05) is 19.3 Å². The van der Waals surface area contributed by atoms with Gasteiger partial charge in [0.2, 0.25) is 0 Å². The molecule has 1 saturated heterocycles. The van der Waals surface area contributed by atoms with Crippen LogP contribution < -0.4 is 10.2 Å². The molecule has 0 bridgehead atoms. The van der Waals surface area contributed by atoms with Gasteiger partial charge >= 0.3 is 0 Å². The highest BCUT2D eigenvalue weighted by Gasteiger charge is 2.18. The number of rotatable bonds is 4. The summed E-state index contributed by atoms with van der Waals surface area (Å²) in [6.45, 7) is 4.29. The van der Waals surface area contributed by atoms with E-state index in [1.165, 1.54) is 12.8 Å². The van der Waals surface area contributed by atoms with Crippen LogP contribution in [0.5, 0.6) is 0 Å². The van der Waals surface area contributed by atoms with Gasteiger partial charge in [0.25, 0.3) is 0 Å². The normalized spacial score (nSPS) is 16.6. The van der Waals surface area contributed by atoms with Gasteiger partial charge in [-0.15, -0.1) is 0 Å². The minimum Gasteiger partial charge on any atom is -0.467 e. The number of hydrogen-bond acceptors (Lipinski definition) is 4. The molecule has 0 saturated carbocycles. The third kappa shape index (κ3) is 2.57. The van der Waals surface area contributed by atoms with Crippen LogP contribution in [-0.4, -0.2) is 18.1 Å². The molecule has 1 fully saturated rings. The molecule has 2 aromatic rings. The topological polar surface area (TPSA) is 41.3 Å². The van der Waals surface area contributed by atoms with Gasteiger partial charge in [-0.3, -0.25) is 0 Å². The van der Waals surface area contributed by atoms with Crippen LogP contribution in [0.2, 0.25) is 0 Å². The third-order valence-corrected chi connectivity index (χ3v) is 3.53. The number of pyridine rings is 1. The van der Waals surface area contributed by atoms with Crippen molar-refractivity contribution < 1.29 is 4.42 Å². The van der Waals surface area contributed by atoms with E-state index in [-0.39, 0.29) is 6.04 Å². The molecule has 100 valence electrons. The fourth-order valence-corrected chi connectivity index (χ4v) is 2.53. The second-order valence-electron chi connectivity index (χ2n) is 4.95. The van der Waals surface area contributed by atoms with Crippen LogP contribution in [0.1, 0.15) is 31.6 Å². The molecule has 3 rings (SSSR count). The van der Waals surface area contributed by atoms with Crippen molar-refractivity contribution in [3.8, 4) is 0 Å². The molecule has 1 unspecified atom stereocenters. The van der Waals surface area contributed by atoms with Gasteiger partial charge < -0.3 is 14.6 Å². The van der Waals surface area contributed by atoms with Gasteiger partial charge in [-0.2, -0.15) is 0 Å². The summed E-state index contributed by atoms with van der Waals surface area (Å²) in [6.07, 6.45) is 6.07. The smallest absolute Gasteiger partial charge is 0.151 e. The van der Waals surface area contributed by atoms with Crippen molar-refractivity contribution in [2.75, 3.05) is 23.3 Å². The fraction of sp³-hybridized carbons (Fsp3) is 0.400. The Labute approximate surface area is 113 Å². The first-order valence-corrected chi connectivity index (χ1v) is 6.84. The summed E-state index contributed by atoms with van der Waals surface area (Å²) < 4.78 is 5.44. The zero-order chi connectivity index (χ0) is 13.1. The highest BCUT2D eigenvalue weighted by Crippen LogP contribution is 2.29. The van der Waals surface area contributed by atoms with E-state index in [4.69, 9.17) is 4.42 Å². The zero-order valence-electron chi connectivity index (χ0n) is 11.2. The number of hydrogen-bond donors (Lipinski definition) is 1. The Hall–Kier alpha value is -1.97. The first-order valence-electron chi connectivity index (χ1n) is 6.84. The van der Waals surface area contributed by atoms with Gasteiger partial charge in [-0.1, -0.05) is 0 Å². The van der Waals surface area contributed by atoms with Crippen molar-refractivity contribution in [2.45, 2.75) is 25.8 Å². The van der Waals surface area contributed by atoms with Gasteiger partial charge in [-0.05, 0) is 44.0 Å². The third-order valence-electron chi connectivity index (χ3n) is 3.53. The number of furan rings is 1. The summed E-state index contributed by atoms with van der Waals surface area (Å²) in [7, 11) is 0. The maximum Gasteiger partial charge on any atom is 0.151 e. The lowest BCUT2D eigenvalue weighted by atomic mass is 10.2. The maximum absolute atomic E-state index is 5.44.